The first-order valence-electron chi connectivity index (χ1n) is 10.5. The fraction of sp³-hybridized carbons (Fsp3) is 0.500. The van der Waals surface area contributed by atoms with Crippen molar-refractivity contribution in [3.8, 4) is 0 Å². The number of aromatic nitrogens is 4. The third-order valence-electron chi connectivity index (χ3n) is 6.54. The van der Waals surface area contributed by atoms with E-state index in [1.165, 1.54) is 18.9 Å². The summed E-state index contributed by atoms with van der Waals surface area (Å²) in [6.45, 7) is 4.34. The first kappa shape index (κ1) is 18.5. The van der Waals surface area contributed by atoms with E-state index in [1.807, 2.05) is 16.8 Å². The highest BCUT2D eigenvalue weighted by atomic mass is 19.1. The summed E-state index contributed by atoms with van der Waals surface area (Å²) in [4.78, 5) is 22.8. The largest absolute Gasteiger partial charge is 0.310 e. The van der Waals surface area contributed by atoms with Gasteiger partial charge in [0.2, 0.25) is 0 Å². The molecule has 0 amide bonds. The van der Waals surface area contributed by atoms with Crippen LogP contribution in [0.4, 0.5) is 4.39 Å². The molecule has 1 aliphatic heterocycles. The Morgan fingerprint density at radius 3 is 2.79 bits per heavy atom. The van der Waals surface area contributed by atoms with E-state index in [0.29, 0.717) is 35.1 Å². The molecule has 1 saturated carbocycles. The van der Waals surface area contributed by atoms with Crippen LogP contribution >= 0.6 is 0 Å². The molecule has 2 fully saturated rings. The fourth-order valence-electron chi connectivity index (χ4n) is 4.96. The molecular formula is C22H26FN5O. The first-order chi connectivity index (χ1) is 14.1. The zero-order chi connectivity index (χ0) is 20.0. The molecule has 2 atom stereocenters. The highest BCUT2D eigenvalue weighted by Gasteiger charge is 2.33. The highest BCUT2D eigenvalue weighted by Crippen LogP contribution is 2.33. The van der Waals surface area contributed by atoms with Crippen molar-refractivity contribution in [3.63, 3.8) is 0 Å². The number of aromatic amines is 1. The number of rotatable bonds is 4. The van der Waals surface area contributed by atoms with Gasteiger partial charge in [-0.05, 0) is 24.8 Å². The van der Waals surface area contributed by atoms with Gasteiger partial charge in [0.25, 0.3) is 5.56 Å². The number of hydrogen-bond donors (Lipinski definition) is 1. The number of benzene rings is 1. The van der Waals surface area contributed by atoms with Crippen LogP contribution in [0.3, 0.4) is 0 Å². The van der Waals surface area contributed by atoms with Crippen molar-refractivity contribution in [1.82, 2.24) is 24.6 Å². The van der Waals surface area contributed by atoms with E-state index in [0.717, 1.165) is 31.8 Å². The third kappa shape index (κ3) is 3.37. The van der Waals surface area contributed by atoms with Crippen LogP contribution in [0, 0.1) is 11.7 Å². The van der Waals surface area contributed by atoms with Gasteiger partial charge in [0, 0.05) is 31.1 Å². The molecule has 2 aliphatic rings. The first-order valence-corrected chi connectivity index (χ1v) is 10.5. The normalized spacial score (nSPS) is 23.4. The van der Waals surface area contributed by atoms with Crippen molar-refractivity contribution in [2.24, 2.45) is 5.92 Å². The fourth-order valence-corrected chi connectivity index (χ4v) is 4.96. The van der Waals surface area contributed by atoms with Gasteiger partial charge in [-0.25, -0.2) is 14.1 Å². The average molecular weight is 395 g/mol. The lowest BCUT2D eigenvalue weighted by atomic mass is 9.97. The number of nitrogens with one attached hydrogen (secondary N) is 1. The maximum atomic E-state index is 14.0. The Morgan fingerprint density at radius 1 is 1.21 bits per heavy atom. The SMILES string of the molecule is C[C@@H]1CN(Cc2ccccc2F)C[C@H]1c1nc2c(cnn2C2CCCC2)c(=O)[nH]1. The van der Waals surface area contributed by atoms with E-state index in [9.17, 15) is 9.18 Å². The van der Waals surface area contributed by atoms with Crippen LogP contribution in [0.25, 0.3) is 11.0 Å². The zero-order valence-corrected chi connectivity index (χ0v) is 16.6. The Labute approximate surface area is 168 Å². The second kappa shape index (κ2) is 7.37. The van der Waals surface area contributed by atoms with Gasteiger partial charge in [-0.3, -0.25) is 9.69 Å². The number of likely N-dealkylation sites (tertiary alicyclic amines) is 1. The molecule has 3 aromatic rings. The monoisotopic (exact) mass is 395 g/mol. The van der Waals surface area contributed by atoms with Crippen LogP contribution < -0.4 is 5.56 Å². The standard InChI is InChI=1S/C22H26FN5O/c1-14-11-27(12-15-6-2-5-9-19(15)23)13-18(14)20-25-21-17(22(29)26-20)10-24-28(21)16-7-3-4-8-16/h2,5-6,9-10,14,16,18H,3-4,7-8,11-13H2,1H3,(H,25,26,29)/t14-,18-/m1/s1. The number of nitrogens with zero attached hydrogens (tertiary/aromatic N) is 4. The van der Waals surface area contributed by atoms with Gasteiger partial charge in [-0.1, -0.05) is 38.0 Å². The van der Waals surface area contributed by atoms with Crippen LogP contribution in [-0.2, 0) is 6.54 Å². The van der Waals surface area contributed by atoms with Crippen molar-refractivity contribution in [2.45, 2.75) is 51.1 Å². The van der Waals surface area contributed by atoms with Gasteiger partial charge in [-0.15, -0.1) is 0 Å². The summed E-state index contributed by atoms with van der Waals surface area (Å²) in [5.74, 6) is 0.999. The van der Waals surface area contributed by atoms with E-state index >= 15 is 0 Å². The molecule has 5 rings (SSSR count). The summed E-state index contributed by atoms with van der Waals surface area (Å²) in [5, 5.41) is 5.05. The molecule has 0 radical (unpaired) electrons. The second-order valence-electron chi connectivity index (χ2n) is 8.59. The van der Waals surface area contributed by atoms with Crippen LogP contribution in [0.15, 0.2) is 35.3 Å². The maximum absolute atomic E-state index is 14.0. The third-order valence-corrected chi connectivity index (χ3v) is 6.54. The predicted octanol–water partition coefficient (Wildman–Crippen LogP) is 3.61. The lowest BCUT2D eigenvalue weighted by molar-refractivity contribution is 0.313. The van der Waals surface area contributed by atoms with Gasteiger partial charge < -0.3 is 4.98 Å². The van der Waals surface area contributed by atoms with E-state index in [4.69, 9.17) is 4.98 Å². The summed E-state index contributed by atoms with van der Waals surface area (Å²) in [6, 6.07) is 7.26. The molecule has 1 aliphatic carbocycles. The summed E-state index contributed by atoms with van der Waals surface area (Å²) in [5.41, 5.74) is 1.29. The molecule has 0 unspecified atom stereocenters. The number of fused-ring (bicyclic) bond motifs is 1. The van der Waals surface area contributed by atoms with Crippen molar-refractivity contribution in [3.05, 3.63) is 58.0 Å². The molecule has 1 saturated heterocycles. The molecule has 1 N–H and O–H groups in total. The number of halogens is 1. The number of H-pyrrole nitrogens is 1. The van der Waals surface area contributed by atoms with Crippen LogP contribution in [-0.4, -0.2) is 37.7 Å². The van der Waals surface area contributed by atoms with Gasteiger partial charge in [0.05, 0.1) is 12.2 Å². The maximum Gasteiger partial charge on any atom is 0.262 e. The molecular weight excluding hydrogens is 369 g/mol. The quantitative estimate of drug-likeness (QED) is 0.733. The number of hydrogen-bond acceptors (Lipinski definition) is 4. The zero-order valence-electron chi connectivity index (χ0n) is 16.6. The Morgan fingerprint density at radius 2 is 2.00 bits per heavy atom. The Bertz CT molecular complexity index is 1080. The molecule has 3 heterocycles. The Kier molecular flexibility index (Phi) is 4.70. The molecule has 0 bridgehead atoms. The van der Waals surface area contributed by atoms with Crippen LogP contribution in [0.2, 0.25) is 0 Å². The minimum atomic E-state index is -0.169. The summed E-state index contributed by atoms with van der Waals surface area (Å²) in [6.07, 6.45) is 6.24. The van der Waals surface area contributed by atoms with Crippen molar-refractivity contribution in [1.29, 1.82) is 0 Å². The highest BCUT2D eigenvalue weighted by molar-refractivity contribution is 5.73. The van der Waals surface area contributed by atoms with Gasteiger partial charge in [-0.2, -0.15) is 5.10 Å². The Hall–Kier alpha value is -2.54. The van der Waals surface area contributed by atoms with E-state index < -0.39 is 0 Å². The molecule has 152 valence electrons. The average Bonchev–Trinajstić information content (AvgIpc) is 3.43. The minimum absolute atomic E-state index is 0.116. The van der Waals surface area contributed by atoms with Gasteiger partial charge in [0.15, 0.2) is 5.65 Å². The topological polar surface area (TPSA) is 66.8 Å². The molecule has 2 aromatic heterocycles. The van der Waals surface area contributed by atoms with Gasteiger partial charge >= 0.3 is 0 Å². The second-order valence-corrected chi connectivity index (χ2v) is 8.59. The molecule has 0 spiro atoms. The Balaban J connectivity index is 1.43. The van der Waals surface area contributed by atoms with Crippen LogP contribution in [0.1, 0.15) is 56.0 Å². The molecule has 6 nitrogen and oxygen atoms in total. The summed E-state index contributed by atoms with van der Waals surface area (Å²) < 4.78 is 16.0. The minimum Gasteiger partial charge on any atom is -0.310 e. The van der Waals surface area contributed by atoms with E-state index in [-0.39, 0.29) is 17.3 Å². The van der Waals surface area contributed by atoms with Gasteiger partial charge in [0.1, 0.15) is 17.0 Å². The molecule has 29 heavy (non-hydrogen) atoms. The summed E-state index contributed by atoms with van der Waals surface area (Å²) in [7, 11) is 0. The smallest absolute Gasteiger partial charge is 0.262 e. The van der Waals surface area contributed by atoms with Crippen molar-refractivity contribution >= 4 is 11.0 Å². The summed E-state index contributed by atoms with van der Waals surface area (Å²) >= 11 is 0. The van der Waals surface area contributed by atoms with Crippen molar-refractivity contribution in [2.75, 3.05) is 13.1 Å². The molecule has 7 heteroatoms. The molecule has 1 aromatic carbocycles. The lowest BCUT2D eigenvalue weighted by Crippen LogP contribution is -2.22. The lowest BCUT2D eigenvalue weighted by Gasteiger charge is -2.16. The van der Waals surface area contributed by atoms with Crippen molar-refractivity contribution < 1.29 is 4.39 Å². The van der Waals surface area contributed by atoms with E-state index in [2.05, 4.69) is 21.9 Å². The predicted molar refractivity (Wildman–Crippen MR) is 109 cm³/mol. The van der Waals surface area contributed by atoms with Crippen LogP contribution in [0.5, 0.6) is 0 Å². The van der Waals surface area contributed by atoms with E-state index in [1.54, 1.807) is 12.3 Å².